The van der Waals surface area contributed by atoms with Crippen molar-refractivity contribution < 1.29 is 38.6 Å². The summed E-state index contributed by atoms with van der Waals surface area (Å²) in [7, 11) is 0. The van der Waals surface area contributed by atoms with Gasteiger partial charge in [0.05, 0.1) is 19.6 Å². The van der Waals surface area contributed by atoms with Crippen LogP contribution in [-0.4, -0.2) is 79.4 Å². The second kappa shape index (κ2) is 18.9. The van der Waals surface area contributed by atoms with E-state index in [9.17, 15) is 28.8 Å². The van der Waals surface area contributed by atoms with E-state index in [-0.39, 0.29) is 39.0 Å². The topological polar surface area (TPSA) is 192 Å². The first-order chi connectivity index (χ1) is 22.6. The number of ether oxygens (including phenoxy) is 1. The zero-order chi connectivity index (χ0) is 34.0. The third kappa shape index (κ3) is 13.9. The molecule has 0 saturated carbocycles. The molecule has 0 aliphatic carbocycles. The largest absolute Gasteiger partial charge is 0.484 e. The summed E-state index contributed by atoms with van der Waals surface area (Å²) < 4.78 is 5.42. The van der Waals surface area contributed by atoms with Gasteiger partial charge in [0.1, 0.15) is 11.8 Å². The highest BCUT2D eigenvalue weighted by Gasteiger charge is 2.22. The van der Waals surface area contributed by atoms with Crippen molar-refractivity contribution in [2.45, 2.75) is 32.2 Å². The predicted molar refractivity (Wildman–Crippen MR) is 173 cm³/mol. The van der Waals surface area contributed by atoms with Gasteiger partial charge in [-0.05, 0) is 42.2 Å². The molecule has 5 amide bonds. The molecule has 0 aliphatic rings. The Balaban J connectivity index is 1.53. The summed E-state index contributed by atoms with van der Waals surface area (Å²) in [5, 5.41) is 21.0. The van der Waals surface area contributed by atoms with Crippen molar-refractivity contribution in [3.05, 3.63) is 90.0 Å². The highest BCUT2D eigenvalue weighted by molar-refractivity contribution is 5.93. The van der Waals surface area contributed by atoms with Gasteiger partial charge in [-0.25, -0.2) is 0 Å². The molecule has 0 bridgehead atoms. The monoisotopic (exact) mass is 645 g/mol. The summed E-state index contributed by atoms with van der Waals surface area (Å²) in [4.78, 5) is 72.8. The number of carboxylic acids is 1. The van der Waals surface area contributed by atoms with Crippen LogP contribution in [0.1, 0.15) is 24.0 Å². The van der Waals surface area contributed by atoms with Gasteiger partial charge in [-0.2, -0.15) is 0 Å². The lowest BCUT2D eigenvalue weighted by Crippen LogP contribution is -2.52. The van der Waals surface area contributed by atoms with Crippen LogP contribution in [0.5, 0.6) is 5.75 Å². The van der Waals surface area contributed by atoms with Crippen LogP contribution in [-0.2, 0) is 35.2 Å². The molecule has 6 N–H and O–H groups in total. The lowest BCUT2D eigenvalue weighted by molar-refractivity contribution is -0.137. The number of carbonyl (C=O) groups excluding carboxylic acids is 5. The summed E-state index contributed by atoms with van der Waals surface area (Å²) in [5.41, 5.74) is 3.77. The molecule has 0 aliphatic heterocycles. The molecule has 47 heavy (non-hydrogen) atoms. The molecule has 13 heteroatoms. The summed E-state index contributed by atoms with van der Waals surface area (Å²) in [5.74, 6) is -3.42. The highest BCUT2D eigenvalue weighted by Crippen LogP contribution is 2.20. The Labute approximate surface area is 272 Å². The fourth-order valence-electron chi connectivity index (χ4n) is 4.23. The van der Waals surface area contributed by atoms with Gasteiger partial charge < -0.3 is 36.4 Å². The van der Waals surface area contributed by atoms with Crippen molar-refractivity contribution in [3.63, 3.8) is 0 Å². The molecule has 1 atom stereocenters. The molecule has 0 fully saturated rings. The normalized spacial score (nSPS) is 11.0. The molecular formula is C34H39N5O8. The molecule has 13 nitrogen and oxygen atoms in total. The SMILES string of the molecule is Cc1ccc(OCC(=O)NCC(=O)N[C@H](Cc2ccc(-c3ccccc3)cc2)C(=O)NCC(=O)NCC(=O)NCCCC(=O)O)cc1. The van der Waals surface area contributed by atoms with Crippen molar-refractivity contribution in [2.75, 3.05) is 32.8 Å². The Hall–Kier alpha value is -5.72. The third-order valence-electron chi connectivity index (χ3n) is 6.75. The van der Waals surface area contributed by atoms with Gasteiger partial charge in [0, 0.05) is 19.4 Å². The first-order valence-corrected chi connectivity index (χ1v) is 15.0. The van der Waals surface area contributed by atoms with E-state index in [0.29, 0.717) is 5.75 Å². The minimum Gasteiger partial charge on any atom is -0.484 e. The average Bonchev–Trinajstić information content (AvgIpc) is 3.07. The number of benzene rings is 3. The number of nitrogens with one attached hydrogen (secondary N) is 5. The van der Waals surface area contributed by atoms with E-state index in [2.05, 4.69) is 26.6 Å². The zero-order valence-electron chi connectivity index (χ0n) is 26.0. The van der Waals surface area contributed by atoms with Gasteiger partial charge in [0.25, 0.3) is 5.91 Å². The van der Waals surface area contributed by atoms with E-state index >= 15 is 0 Å². The number of aryl methyl sites for hydroxylation is 1. The van der Waals surface area contributed by atoms with Gasteiger partial charge in [0.15, 0.2) is 6.61 Å². The molecule has 0 radical (unpaired) electrons. The maximum absolute atomic E-state index is 13.1. The smallest absolute Gasteiger partial charge is 0.303 e. The number of carboxylic acid groups (broad SMARTS) is 1. The van der Waals surface area contributed by atoms with Crippen LogP contribution in [0.3, 0.4) is 0 Å². The van der Waals surface area contributed by atoms with Crippen molar-refractivity contribution in [2.24, 2.45) is 0 Å². The Morgan fingerprint density at radius 2 is 1.28 bits per heavy atom. The van der Waals surface area contributed by atoms with Crippen LogP contribution >= 0.6 is 0 Å². The predicted octanol–water partition coefficient (Wildman–Crippen LogP) is 1.10. The second-order valence-electron chi connectivity index (χ2n) is 10.6. The lowest BCUT2D eigenvalue weighted by atomic mass is 10.00. The van der Waals surface area contributed by atoms with Crippen molar-refractivity contribution in [1.29, 1.82) is 0 Å². The number of hydrogen-bond acceptors (Lipinski definition) is 7. The summed E-state index contributed by atoms with van der Waals surface area (Å²) in [6.07, 6.45) is 0.248. The Morgan fingerprint density at radius 1 is 0.681 bits per heavy atom. The minimum absolute atomic E-state index is 0.0947. The van der Waals surface area contributed by atoms with E-state index < -0.39 is 54.6 Å². The minimum atomic E-state index is -1.09. The molecule has 3 aromatic rings. The molecule has 3 aromatic carbocycles. The number of amides is 5. The first kappa shape index (κ1) is 35.8. The Bertz CT molecular complexity index is 1510. The number of carbonyl (C=O) groups is 6. The second-order valence-corrected chi connectivity index (χ2v) is 10.6. The maximum atomic E-state index is 13.1. The summed E-state index contributed by atoms with van der Waals surface area (Å²) >= 11 is 0. The van der Waals surface area contributed by atoms with Crippen LogP contribution < -0.4 is 31.3 Å². The number of aliphatic carboxylic acids is 1. The van der Waals surface area contributed by atoms with E-state index in [1.165, 1.54) is 0 Å². The van der Waals surface area contributed by atoms with Gasteiger partial charge in [-0.1, -0.05) is 72.3 Å². The lowest BCUT2D eigenvalue weighted by Gasteiger charge is -2.19. The molecular weight excluding hydrogens is 606 g/mol. The fraction of sp³-hybridized carbons (Fsp3) is 0.294. The van der Waals surface area contributed by atoms with Crippen LogP contribution in [0.15, 0.2) is 78.9 Å². The van der Waals surface area contributed by atoms with Crippen molar-refractivity contribution in [3.8, 4) is 16.9 Å². The van der Waals surface area contributed by atoms with Gasteiger partial charge >= 0.3 is 5.97 Å². The maximum Gasteiger partial charge on any atom is 0.303 e. The van der Waals surface area contributed by atoms with Crippen LogP contribution in [0.2, 0.25) is 0 Å². The number of hydrogen-bond donors (Lipinski definition) is 6. The van der Waals surface area contributed by atoms with E-state index in [1.807, 2.05) is 73.7 Å². The standard InChI is InChI=1S/C34H39N5O8/c1-23-9-15-27(16-10-23)47-22-32(43)37-21-31(42)39-28(18-24-11-13-26(14-12-24)25-6-3-2-4-7-25)34(46)38-20-30(41)36-19-29(40)35-17-5-8-33(44)45/h2-4,6-7,9-16,28H,5,8,17-22H2,1H3,(H,35,40)(H,36,41)(H,37,43)(H,38,46)(H,39,42)(H,44,45)/t28-/m1/s1. The summed E-state index contributed by atoms with van der Waals surface area (Å²) in [6.45, 7) is 0.541. The molecule has 0 saturated heterocycles. The summed E-state index contributed by atoms with van der Waals surface area (Å²) in [6, 6.07) is 23.2. The fourth-order valence-corrected chi connectivity index (χ4v) is 4.23. The van der Waals surface area contributed by atoms with E-state index in [4.69, 9.17) is 9.84 Å². The Kier molecular flexibility index (Phi) is 14.4. The molecule has 0 spiro atoms. The zero-order valence-corrected chi connectivity index (χ0v) is 26.0. The van der Waals surface area contributed by atoms with Gasteiger partial charge in [-0.3, -0.25) is 28.8 Å². The quantitative estimate of drug-likeness (QED) is 0.111. The van der Waals surface area contributed by atoms with Crippen LogP contribution in [0.25, 0.3) is 11.1 Å². The average molecular weight is 646 g/mol. The molecule has 3 rings (SSSR count). The molecule has 248 valence electrons. The molecule has 0 unspecified atom stereocenters. The van der Waals surface area contributed by atoms with E-state index in [0.717, 1.165) is 22.3 Å². The number of rotatable bonds is 18. The highest BCUT2D eigenvalue weighted by atomic mass is 16.5. The molecule has 0 heterocycles. The van der Waals surface area contributed by atoms with Gasteiger partial charge in [0.2, 0.25) is 23.6 Å². The van der Waals surface area contributed by atoms with Crippen LogP contribution in [0, 0.1) is 6.92 Å². The van der Waals surface area contributed by atoms with Gasteiger partial charge in [-0.15, -0.1) is 0 Å². The van der Waals surface area contributed by atoms with E-state index in [1.54, 1.807) is 12.1 Å². The van der Waals surface area contributed by atoms with Crippen molar-refractivity contribution >= 4 is 35.5 Å². The van der Waals surface area contributed by atoms with Crippen molar-refractivity contribution in [1.82, 2.24) is 26.6 Å². The first-order valence-electron chi connectivity index (χ1n) is 15.0. The third-order valence-corrected chi connectivity index (χ3v) is 6.75. The molecule has 0 aromatic heterocycles. The Morgan fingerprint density at radius 3 is 1.96 bits per heavy atom. The van der Waals surface area contributed by atoms with Crippen LogP contribution in [0.4, 0.5) is 0 Å².